The second kappa shape index (κ2) is 5.92. The van der Waals surface area contributed by atoms with Crippen molar-refractivity contribution in [3.05, 3.63) is 34.7 Å². The number of fused-ring (bicyclic) bond motifs is 1. The van der Waals surface area contributed by atoms with Crippen LogP contribution in [0.4, 0.5) is 0 Å². The van der Waals surface area contributed by atoms with E-state index in [0.717, 1.165) is 20.5 Å². The molecule has 0 bridgehead atoms. The lowest BCUT2D eigenvalue weighted by molar-refractivity contribution is -0.140. The summed E-state index contributed by atoms with van der Waals surface area (Å²) in [5.41, 5.74) is 0.737. The number of aliphatic carboxylic acids is 2. The fourth-order valence-electron chi connectivity index (χ4n) is 2.05. The highest BCUT2D eigenvalue weighted by Crippen LogP contribution is 2.31. The maximum Gasteiger partial charge on any atom is 0.323 e. The Morgan fingerprint density at radius 1 is 1.10 bits per heavy atom. The Hall–Kier alpha value is -2.41. The standard InChI is InChI=1S/C14H13NO5S/c1-8-9-4-2-3-5-10(9)21-13(8)14(20)15(6-11(16)17)7-12(18)19/h2-5H,6-7H2,1H3,(H,16,17)(H,18,19). The normalized spacial score (nSPS) is 10.5. The van der Waals surface area contributed by atoms with Gasteiger partial charge in [0.25, 0.3) is 5.91 Å². The van der Waals surface area contributed by atoms with Crippen LogP contribution in [0.25, 0.3) is 10.1 Å². The smallest absolute Gasteiger partial charge is 0.323 e. The van der Waals surface area contributed by atoms with E-state index < -0.39 is 30.9 Å². The highest BCUT2D eigenvalue weighted by atomic mass is 32.1. The predicted octanol–water partition coefficient (Wildman–Crippen LogP) is 1.82. The Balaban J connectivity index is 2.40. The first-order valence-electron chi connectivity index (χ1n) is 6.11. The molecule has 1 heterocycles. The van der Waals surface area contributed by atoms with Crippen LogP contribution in [0.3, 0.4) is 0 Å². The van der Waals surface area contributed by atoms with E-state index >= 15 is 0 Å². The lowest BCUT2D eigenvalue weighted by Crippen LogP contribution is -2.39. The van der Waals surface area contributed by atoms with Crippen molar-refractivity contribution < 1.29 is 24.6 Å². The van der Waals surface area contributed by atoms with Crippen LogP contribution in [0.15, 0.2) is 24.3 Å². The second-order valence-corrected chi connectivity index (χ2v) is 5.55. The largest absolute Gasteiger partial charge is 0.480 e. The number of rotatable bonds is 5. The third kappa shape index (κ3) is 3.19. The van der Waals surface area contributed by atoms with Crippen LogP contribution in [0, 0.1) is 6.92 Å². The number of carbonyl (C=O) groups is 3. The minimum Gasteiger partial charge on any atom is -0.480 e. The predicted molar refractivity (Wildman–Crippen MR) is 77.7 cm³/mol. The molecule has 1 aromatic heterocycles. The van der Waals surface area contributed by atoms with Crippen LogP contribution in [0.1, 0.15) is 15.2 Å². The number of amides is 1. The van der Waals surface area contributed by atoms with E-state index in [-0.39, 0.29) is 0 Å². The number of thiophene rings is 1. The van der Waals surface area contributed by atoms with E-state index in [4.69, 9.17) is 10.2 Å². The van der Waals surface area contributed by atoms with Crippen molar-refractivity contribution in [3.63, 3.8) is 0 Å². The van der Waals surface area contributed by atoms with E-state index in [1.54, 1.807) is 6.92 Å². The van der Waals surface area contributed by atoms with E-state index in [2.05, 4.69) is 0 Å². The summed E-state index contributed by atoms with van der Waals surface area (Å²) in [6, 6.07) is 7.43. The van der Waals surface area contributed by atoms with Crippen LogP contribution >= 0.6 is 11.3 Å². The van der Waals surface area contributed by atoms with Crippen LogP contribution in [-0.2, 0) is 9.59 Å². The molecule has 0 saturated carbocycles. The second-order valence-electron chi connectivity index (χ2n) is 4.50. The summed E-state index contributed by atoms with van der Waals surface area (Å²) < 4.78 is 0.906. The van der Waals surface area contributed by atoms with Gasteiger partial charge in [-0.1, -0.05) is 18.2 Å². The molecule has 0 saturated heterocycles. The lowest BCUT2D eigenvalue weighted by atomic mass is 10.1. The van der Waals surface area contributed by atoms with Gasteiger partial charge in [-0.05, 0) is 23.9 Å². The molecule has 0 aliphatic heterocycles. The third-order valence-corrected chi connectivity index (χ3v) is 4.24. The Morgan fingerprint density at radius 3 is 2.19 bits per heavy atom. The molecule has 0 aliphatic carbocycles. The van der Waals surface area contributed by atoms with Gasteiger partial charge in [-0.15, -0.1) is 11.3 Å². The minimum atomic E-state index is -1.25. The number of nitrogens with zero attached hydrogens (tertiary/aromatic N) is 1. The summed E-state index contributed by atoms with van der Waals surface area (Å²) in [5.74, 6) is -3.06. The van der Waals surface area contributed by atoms with Crippen molar-refractivity contribution in [2.24, 2.45) is 0 Å². The molecule has 0 aliphatic rings. The number of hydrogen-bond donors (Lipinski definition) is 2. The lowest BCUT2D eigenvalue weighted by Gasteiger charge is -2.17. The summed E-state index contributed by atoms with van der Waals surface area (Å²) in [4.78, 5) is 35.2. The van der Waals surface area contributed by atoms with Gasteiger partial charge in [0.15, 0.2) is 0 Å². The molecule has 1 aromatic carbocycles. The summed E-state index contributed by atoms with van der Waals surface area (Å²) in [6.07, 6.45) is 0. The molecule has 7 heteroatoms. The molecule has 110 valence electrons. The van der Waals surface area contributed by atoms with Gasteiger partial charge in [-0.3, -0.25) is 14.4 Å². The maximum absolute atomic E-state index is 12.4. The molecule has 0 unspecified atom stereocenters. The van der Waals surface area contributed by atoms with Crippen molar-refractivity contribution in [2.75, 3.05) is 13.1 Å². The van der Waals surface area contributed by atoms with Crippen molar-refractivity contribution in [3.8, 4) is 0 Å². The Morgan fingerprint density at radius 2 is 1.67 bits per heavy atom. The zero-order valence-electron chi connectivity index (χ0n) is 11.2. The number of carbonyl (C=O) groups excluding carboxylic acids is 1. The van der Waals surface area contributed by atoms with Gasteiger partial charge in [0.1, 0.15) is 13.1 Å². The number of aryl methyl sites for hydroxylation is 1. The van der Waals surface area contributed by atoms with E-state index in [0.29, 0.717) is 4.88 Å². The highest BCUT2D eigenvalue weighted by molar-refractivity contribution is 7.21. The van der Waals surface area contributed by atoms with Gasteiger partial charge in [-0.25, -0.2) is 0 Å². The number of benzene rings is 1. The first-order chi connectivity index (χ1) is 9.90. The minimum absolute atomic E-state index is 0.374. The molecule has 2 N–H and O–H groups in total. The molecular formula is C14H13NO5S. The van der Waals surface area contributed by atoms with Crippen LogP contribution < -0.4 is 0 Å². The van der Waals surface area contributed by atoms with Crippen molar-refractivity contribution >= 4 is 39.3 Å². The first-order valence-corrected chi connectivity index (χ1v) is 6.92. The Bertz CT molecular complexity index is 705. The van der Waals surface area contributed by atoms with Crippen LogP contribution in [0.2, 0.25) is 0 Å². The van der Waals surface area contributed by atoms with Crippen molar-refractivity contribution in [1.82, 2.24) is 4.90 Å². The quantitative estimate of drug-likeness (QED) is 0.878. The van der Waals surface area contributed by atoms with Crippen molar-refractivity contribution in [2.45, 2.75) is 6.92 Å². The SMILES string of the molecule is Cc1c(C(=O)N(CC(=O)O)CC(=O)O)sc2ccccc12. The molecule has 0 spiro atoms. The summed E-state index contributed by atoms with van der Waals surface area (Å²) in [5, 5.41) is 18.5. The summed E-state index contributed by atoms with van der Waals surface area (Å²) >= 11 is 1.24. The maximum atomic E-state index is 12.4. The van der Waals surface area contributed by atoms with Gasteiger partial charge < -0.3 is 15.1 Å². The van der Waals surface area contributed by atoms with Gasteiger partial charge in [0, 0.05) is 4.70 Å². The van der Waals surface area contributed by atoms with Crippen LogP contribution in [-0.4, -0.2) is 46.0 Å². The molecule has 21 heavy (non-hydrogen) atoms. The Labute approximate surface area is 124 Å². The molecule has 0 fully saturated rings. The number of carboxylic acid groups (broad SMARTS) is 2. The molecule has 6 nitrogen and oxygen atoms in total. The molecule has 0 atom stereocenters. The van der Waals surface area contributed by atoms with E-state index in [9.17, 15) is 14.4 Å². The average molecular weight is 307 g/mol. The molecule has 2 rings (SSSR count). The Kier molecular flexibility index (Phi) is 4.23. The summed E-state index contributed by atoms with van der Waals surface area (Å²) in [7, 11) is 0. The van der Waals surface area contributed by atoms with Crippen molar-refractivity contribution in [1.29, 1.82) is 0 Å². The number of hydrogen-bond acceptors (Lipinski definition) is 4. The highest BCUT2D eigenvalue weighted by Gasteiger charge is 2.24. The average Bonchev–Trinajstić information content (AvgIpc) is 2.74. The molecule has 2 aromatic rings. The zero-order valence-corrected chi connectivity index (χ0v) is 12.0. The van der Waals surface area contributed by atoms with E-state index in [1.807, 2.05) is 24.3 Å². The monoisotopic (exact) mass is 307 g/mol. The third-order valence-electron chi connectivity index (χ3n) is 2.98. The molecule has 0 radical (unpaired) electrons. The molecule has 1 amide bonds. The van der Waals surface area contributed by atoms with Crippen LogP contribution in [0.5, 0.6) is 0 Å². The van der Waals surface area contributed by atoms with Gasteiger partial charge in [0.2, 0.25) is 0 Å². The van der Waals surface area contributed by atoms with Gasteiger partial charge >= 0.3 is 11.9 Å². The zero-order chi connectivity index (χ0) is 15.6. The van der Waals surface area contributed by atoms with Gasteiger partial charge in [0.05, 0.1) is 4.88 Å². The number of carboxylic acids is 2. The molecular weight excluding hydrogens is 294 g/mol. The van der Waals surface area contributed by atoms with E-state index in [1.165, 1.54) is 11.3 Å². The van der Waals surface area contributed by atoms with Gasteiger partial charge in [-0.2, -0.15) is 0 Å². The fourth-order valence-corrected chi connectivity index (χ4v) is 3.23. The summed E-state index contributed by atoms with van der Waals surface area (Å²) in [6.45, 7) is 0.490. The topological polar surface area (TPSA) is 94.9 Å². The fraction of sp³-hybridized carbons (Fsp3) is 0.214. The first kappa shape index (κ1) is 15.0.